The molecule has 1 rings (SSSR count). The van der Waals surface area contributed by atoms with Crippen LogP contribution in [-0.4, -0.2) is 30.8 Å². The maximum Gasteiger partial charge on any atom is 0.0587 e. The zero-order valence-electron chi connectivity index (χ0n) is 8.34. The van der Waals surface area contributed by atoms with E-state index in [-0.39, 0.29) is 12.6 Å². The Morgan fingerprint density at radius 1 is 1.31 bits per heavy atom. The summed E-state index contributed by atoms with van der Waals surface area (Å²) in [7, 11) is 0. The van der Waals surface area contributed by atoms with E-state index >= 15 is 0 Å². The first-order valence-corrected chi connectivity index (χ1v) is 5.42. The Bertz CT molecular complexity index is 124. The molecule has 3 nitrogen and oxygen atoms in total. The van der Waals surface area contributed by atoms with Crippen molar-refractivity contribution in [1.29, 1.82) is 0 Å². The molecule has 0 bridgehead atoms. The van der Waals surface area contributed by atoms with Crippen LogP contribution in [0.15, 0.2) is 0 Å². The Balaban J connectivity index is 2.26. The fourth-order valence-corrected chi connectivity index (χ4v) is 2.19. The third kappa shape index (κ3) is 3.63. The normalized spacial score (nSPS) is 21.7. The molecule has 1 atom stereocenters. The molecule has 0 heterocycles. The summed E-state index contributed by atoms with van der Waals surface area (Å²) in [6, 6.07) is 0.281. The van der Waals surface area contributed by atoms with Crippen LogP contribution in [0.2, 0.25) is 0 Å². The summed E-state index contributed by atoms with van der Waals surface area (Å²) < 4.78 is 0. The van der Waals surface area contributed by atoms with Gasteiger partial charge in [0.2, 0.25) is 0 Å². The van der Waals surface area contributed by atoms with Gasteiger partial charge in [0.1, 0.15) is 0 Å². The molecule has 1 aliphatic carbocycles. The Labute approximate surface area is 80.7 Å². The van der Waals surface area contributed by atoms with Crippen molar-refractivity contribution >= 4 is 0 Å². The molecule has 3 heteroatoms. The number of aliphatic hydroxyl groups is 1. The number of nitrogens with one attached hydrogen (secondary N) is 1. The van der Waals surface area contributed by atoms with Gasteiger partial charge in [-0.1, -0.05) is 19.3 Å². The van der Waals surface area contributed by atoms with E-state index in [4.69, 9.17) is 5.73 Å². The average molecular weight is 186 g/mol. The van der Waals surface area contributed by atoms with Crippen LogP contribution in [0.1, 0.15) is 32.1 Å². The zero-order chi connectivity index (χ0) is 9.52. The first-order valence-electron chi connectivity index (χ1n) is 5.42. The van der Waals surface area contributed by atoms with Crippen molar-refractivity contribution in [2.45, 2.75) is 38.1 Å². The largest absolute Gasteiger partial charge is 0.395 e. The SMILES string of the molecule is NCCNC(CO)C1CCCCC1. The minimum absolute atomic E-state index is 0.255. The van der Waals surface area contributed by atoms with Crippen LogP contribution in [-0.2, 0) is 0 Å². The van der Waals surface area contributed by atoms with Crippen molar-refractivity contribution in [1.82, 2.24) is 5.32 Å². The fourth-order valence-electron chi connectivity index (χ4n) is 2.19. The second-order valence-electron chi connectivity index (χ2n) is 3.93. The number of rotatable bonds is 5. The standard InChI is InChI=1S/C10H22N2O/c11-6-7-12-10(8-13)9-4-2-1-3-5-9/h9-10,12-13H,1-8,11H2. The zero-order valence-corrected chi connectivity index (χ0v) is 8.34. The maximum absolute atomic E-state index is 9.20. The molecule has 0 amide bonds. The van der Waals surface area contributed by atoms with Crippen molar-refractivity contribution in [3.8, 4) is 0 Å². The molecule has 0 spiro atoms. The van der Waals surface area contributed by atoms with Crippen molar-refractivity contribution in [2.75, 3.05) is 19.7 Å². The lowest BCUT2D eigenvalue weighted by Gasteiger charge is -2.29. The second kappa shape index (κ2) is 6.35. The summed E-state index contributed by atoms with van der Waals surface area (Å²) >= 11 is 0. The molecule has 1 unspecified atom stereocenters. The van der Waals surface area contributed by atoms with Gasteiger partial charge in [-0.2, -0.15) is 0 Å². The summed E-state index contributed by atoms with van der Waals surface area (Å²) in [6.45, 7) is 1.73. The lowest BCUT2D eigenvalue weighted by atomic mass is 9.84. The molecule has 0 radical (unpaired) electrons. The van der Waals surface area contributed by atoms with E-state index in [1.807, 2.05) is 0 Å². The smallest absolute Gasteiger partial charge is 0.0587 e. The predicted octanol–water partition coefficient (Wildman–Crippen LogP) is 0.476. The molecule has 0 aromatic heterocycles. The van der Waals surface area contributed by atoms with E-state index in [0.717, 1.165) is 6.54 Å². The topological polar surface area (TPSA) is 58.3 Å². The minimum atomic E-state index is 0.255. The average Bonchev–Trinajstić information content (AvgIpc) is 2.21. The third-order valence-corrected chi connectivity index (χ3v) is 2.97. The summed E-state index contributed by atoms with van der Waals surface area (Å²) in [4.78, 5) is 0. The first-order chi connectivity index (χ1) is 6.38. The molecule has 0 aromatic carbocycles. The number of hydrogen-bond donors (Lipinski definition) is 3. The van der Waals surface area contributed by atoms with Gasteiger partial charge in [-0.3, -0.25) is 0 Å². The van der Waals surface area contributed by atoms with Crippen LogP contribution < -0.4 is 11.1 Å². The van der Waals surface area contributed by atoms with Gasteiger partial charge < -0.3 is 16.2 Å². The van der Waals surface area contributed by atoms with Gasteiger partial charge in [0, 0.05) is 19.1 Å². The van der Waals surface area contributed by atoms with Gasteiger partial charge in [-0.05, 0) is 18.8 Å². The molecule has 1 aliphatic rings. The lowest BCUT2D eigenvalue weighted by molar-refractivity contribution is 0.172. The summed E-state index contributed by atoms with van der Waals surface area (Å²) in [5.74, 6) is 0.672. The fraction of sp³-hybridized carbons (Fsp3) is 1.00. The van der Waals surface area contributed by atoms with Gasteiger partial charge in [-0.25, -0.2) is 0 Å². The van der Waals surface area contributed by atoms with Crippen LogP contribution >= 0.6 is 0 Å². The van der Waals surface area contributed by atoms with Gasteiger partial charge in [0.15, 0.2) is 0 Å². The molecule has 13 heavy (non-hydrogen) atoms. The van der Waals surface area contributed by atoms with Gasteiger partial charge in [0.25, 0.3) is 0 Å². The molecule has 0 saturated heterocycles. The van der Waals surface area contributed by atoms with Gasteiger partial charge in [0.05, 0.1) is 6.61 Å². The highest BCUT2D eigenvalue weighted by Crippen LogP contribution is 2.26. The van der Waals surface area contributed by atoms with Crippen LogP contribution in [0.5, 0.6) is 0 Å². The van der Waals surface area contributed by atoms with Gasteiger partial charge in [-0.15, -0.1) is 0 Å². The highest BCUT2D eigenvalue weighted by molar-refractivity contribution is 4.78. The Kier molecular flexibility index (Phi) is 5.35. The van der Waals surface area contributed by atoms with Gasteiger partial charge >= 0.3 is 0 Å². The maximum atomic E-state index is 9.20. The van der Waals surface area contributed by atoms with Crippen LogP contribution in [0.3, 0.4) is 0 Å². The molecule has 78 valence electrons. The molecule has 0 aliphatic heterocycles. The van der Waals surface area contributed by atoms with Crippen molar-refractivity contribution < 1.29 is 5.11 Å². The van der Waals surface area contributed by atoms with Crippen LogP contribution in [0.25, 0.3) is 0 Å². The van der Waals surface area contributed by atoms with E-state index < -0.39 is 0 Å². The predicted molar refractivity (Wildman–Crippen MR) is 54.5 cm³/mol. The van der Waals surface area contributed by atoms with Crippen molar-refractivity contribution in [2.24, 2.45) is 11.7 Å². The quantitative estimate of drug-likeness (QED) is 0.585. The molecule has 1 fully saturated rings. The highest BCUT2D eigenvalue weighted by atomic mass is 16.3. The number of nitrogens with two attached hydrogens (primary N) is 1. The van der Waals surface area contributed by atoms with Crippen molar-refractivity contribution in [3.63, 3.8) is 0 Å². The van der Waals surface area contributed by atoms with E-state index in [2.05, 4.69) is 5.32 Å². The minimum Gasteiger partial charge on any atom is -0.395 e. The summed E-state index contributed by atoms with van der Waals surface area (Å²) in [5, 5.41) is 12.5. The summed E-state index contributed by atoms with van der Waals surface area (Å²) in [6.07, 6.45) is 6.55. The van der Waals surface area contributed by atoms with E-state index in [1.165, 1.54) is 32.1 Å². The van der Waals surface area contributed by atoms with Crippen LogP contribution in [0, 0.1) is 5.92 Å². The number of aliphatic hydroxyl groups excluding tert-OH is 1. The molecule has 1 saturated carbocycles. The van der Waals surface area contributed by atoms with Crippen molar-refractivity contribution in [3.05, 3.63) is 0 Å². The van der Waals surface area contributed by atoms with E-state index in [9.17, 15) is 5.11 Å². The summed E-state index contributed by atoms with van der Waals surface area (Å²) in [5.41, 5.74) is 5.42. The lowest BCUT2D eigenvalue weighted by Crippen LogP contribution is -2.42. The molecule has 0 aromatic rings. The Hall–Kier alpha value is -0.120. The van der Waals surface area contributed by atoms with Crippen LogP contribution in [0.4, 0.5) is 0 Å². The monoisotopic (exact) mass is 186 g/mol. The Morgan fingerprint density at radius 2 is 2.00 bits per heavy atom. The molecule has 4 N–H and O–H groups in total. The van der Waals surface area contributed by atoms with E-state index in [1.54, 1.807) is 0 Å². The van der Waals surface area contributed by atoms with E-state index in [0.29, 0.717) is 12.5 Å². The Morgan fingerprint density at radius 3 is 2.54 bits per heavy atom. The second-order valence-corrected chi connectivity index (χ2v) is 3.93. The molecular formula is C10H22N2O. The third-order valence-electron chi connectivity index (χ3n) is 2.97. The molecular weight excluding hydrogens is 164 g/mol. The first kappa shape index (κ1) is 11.0. The highest BCUT2D eigenvalue weighted by Gasteiger charge is 2.21. The number of hydrogen-bond acceptors (Lipinski definition) is 3.